The van der Waals surface area contributed by atoms with Gasteiger partial charge in [0.2, 0.25) is 5.88 Å². The van der Waals surface area contributed by atoms with Crippen molar-refractivity contribution in [2.24, 2.45) is 0 Å². The zero-order chi connectivity index (χ0) is 14.1. The van der Waals surface area contributed by atoms with E-state index in [2.05, 4.69) is 35.1 Å². The summed E-state index contributed by atoms with van der Waals surface area (Å²) in [5, 5.41) is 2.13. The largest absolute Gasteiger partial charge is 0.481 e. The molecular weight excluding hydrogens is 248 g/mol. The highest BCUT2D eigenvalue weighted by Crippen LogP contribution is 2.33. The first-order chi connectivity index (χ1) is 9.70. The lowest BCUT2D eigenvalue weighted by Gasteiger charge is -2.11. The maximum absolute atomic E-state index is 5.35. The first-order valence-electron chi connectivity index (χ1n) is 6.56. The molecule has 0 saturated carbocycles. The van der Waals surface area contributed by atoms with E-state index in [0.29, 0.717) is 5.88 Å². The Morgan fingerprint density at radius 3 is 2.45 bits per heavy atom. The zero-order valence-electron chi connectivity index (χ0n) is 11.8. The normalized spacial score (nSPS) is 10.8. The van der Waals surface area contributed by atoms with Crippen molar-refractivity contribution in [2.75, 3.05) is 7.11 Å². The minimum Gasteiger partial charge on any atom is -0.481 e. The number of aromatic nitrogens is 2. The Morgan fingerprint density at radius 2 is 1.75 bits per heavy atom. The second-order valence-corrected chi connectivity index (χ2v) is 4.89. The van der Waals surface area contributed by atoms with Crippen LogP contribution >= 0.6 is 0 Å². The number of benzene rings is 1. The predicted molar refractivity (Wildman–Crippen MR) is 81.0 cm³/mol. The fraction of sp³-hybridized carbons (Fsp3) is 0.176. The second-order valence-electron chi connectivity index (χ2n) is 4.89. The fourth-order valence-corrected chi connectivity index (χ4v) is 2.46. The van der Waals surface area contributed by atoms with E-state index in [1.807, 2.05) is 25.3 Å². The molecule has 0 amide bonds. The molecule has 0 atom stereocenters. The van der Waals surface area contributed by atoms with Crippen molar-refractivity contribution < 1.29 is 4.74 Å². The number of hydrogen-bond acceptors (Lipinski definition) is 3. The molecule has 0 fully saturated rings. The highest BCUT2D eigenvalue weighted by atomic mass is 16.5. The van der Waals surface area contributed by atoms with Crippen molar-refractivity contribution in [1.29, 1.82) is 0 Å². The highest BCUT2D eigenvalue weighted by Gasteiger charge is 2.11. The third-order valence-corrected chi connectivity index (χ3v) is 3.48. The smallest absolute Gasteiger partial charge is 0.221 e. The quantitative estimate of drug-likeness (QED) is 0.703. The minimum absolute atomic E-state index is 0.649. The minimum atomic E-state index is 0.649. The molecule has 3 heteroatoms. The van der Waals surface area contributed by atoms with Crippen LogP contribution in [-0.2, 0) is 0 Å². The summed E-state index contributed by atoms with van der Waals surface area (Å²) in [6.45, 7) is 4.14. The average Bonchev–Trinajstić information content (AvgIpc) is 2.47. The van der Waals surface area contributed by atoms with Crippen LogP contribution in [0.2, 0.25) is 0 Å². The van der Waals surface area contributed by atoms with Gasteiger partial charge in [0, 0.05) is 23.3 Å². The Kier molecular flexibility index (Phi) is 3.11. The molecule has 0 aliphatic heterocycles. The number of nitrogens with zero attached hydrogens (tertiary/aromatic N) is 2. The molecule has 3 rings (SSSR count). The SMILES string of the molecule is COc1nccc2c(-c3ccc(C)cn3)c(C)ccc12. The second kappa shape index (κ2) is 4.93. The summed E-state index contributed by atoms with van der Waals surface area (Å²) in [6.07, 6.45) is 3.67. The monoisotopic (exact) mass is 264 g/mol. The van der Waals surface area contributed by atoms with E-state index < -0.39 is 0 Å². The zero-order valence-corrected chi connectivity index (χ0v) is 11.8. The van der Waals surface area contributed by atoms with Crippen LogP contribution in [-0.4, -0.2) is 17.1 Å². The Morgan fingerprint density at radius 1 is 0.900 bits per heavy atom. The number of hydrogen-bond donors (Lipinski definition) is 0. The van der Waals surface area contributed by atoms with E-state index in [1.54, 1.807) is 13.3 Å². The average molecular weight is 264 g/mol. The Labute approximate surface area is 118 Å². The van der Waals surface area contributed by atoms with Gasteiger partial charge in [0.25, 0.3) is 0 Å². The van der Waals surface area contributed by atoms with E-state index in [-0.39, 0.29) is 0 Å². The first kappa shape index (κ1) is 12.6. The van der Waals surface area contributed by atoms with Gasteiger partial charge in [-0.15, -0.1) is 0 Å². The third-order valence-electron chi connectivity index (χ3n) is 3.48. The standard InChI is InChI=1S/C17H16N2O/c1-11-4-7-15(19-10-11)16-12(2)5-6-14-13(16)8-9-18-17(14)20-3/h4-10H,1-3H3. The van der Waals surface area contributed by atoms with Gasteiger partial charge in [-0.25, -0.2) is 4.98 Å². The molecule has 3 aromatic rings. The van der Waals surface area contributed by atoms with E-state index >= 15 is 0 Å². The molecule has 0 unspecified atom stereocenters. The van der Waals surface area contributed by atoms with Gasteiger partial charge in [-0.3, -0.25) is 4.98 Å². The van der Waals surface area contributed by atoms with Crippen molar-refractivity contribution in [3.8, 4) is 17.1 Å². The Hall–Kier alpha value is -2.42. The summed E-state index contributed by atoms with van der Waals surface area (Å²) < 4.78 is 5.35. The molecule has 0 aliphatic rings. The maximum Gasteiger partial charge on any atom is 0.221 e. The Balaban J connectivity index is 2.34. The van der Waals surface area contributed by atoms with Crippen LogP contribution in [0.4, 0.5) is 0 Å². The van der Waals surface area contributed by atoms with Gasteiger partial charge < -0.3 is 4.74 Å². The van der Waals surface area contributed by atoms with Gasteiger partial charge in [-0.2, -0.15) is 0 Å². The van der Waals surface area contributed by atoms with Crippen molar-refractivity contribution in [2.45, 2.75) is 13.8 Å². The lowest BCUT2D eigenvalue weighted by atomic mass is 9.97. The van der Waals surface area contributed by atoms with Crippen molar-refractivity contribution in [1.82, 2.24) is 9.97 Å². The molecule has 20 heavy (non-hydrogen) atoms. The molecule has 0 saturated heterocycles. The highest BCUT2D eigenvalue weighted by molar-refractivity contribution is 5.99. The number of aryl methyl sites for hydroxylation is 2. The van der Waals surface area contributed by atoms with Crippen LogP contribution in [0.25, 0.3) is 22.0 Å². The molecule has 0 bridgehead atoms. The molecule has 2 heterocycles. The lowest BCUT2D eigenvalue weighted by molar-refractivity contribution is 0.403. The predicted octanol–water partition coefficient (Wildman–Crippen LogP) is 3.92. The first-order valence-corrected chi connectivity index (χ1v) is 6.56. The number of ether oxygens (including phenoxy) is 1. The van der Waals surface area contributed by atoms with Gasteiger partial charge in [-0.1, -0.05) is 12.1 Å². The number of methoxy groups -OCH3 is 1. The third kappa shape index (κ3) is 2.01. The van der Waals surface area contributed by atoms with Gasteiger partial charge in [0.1, 0.15) is 0 Å². The van der Waals surface area contributed by atoms with Crippen LogP contribution in [0.5, 0.6) is 5.88 Å². The molecule has 1 aromatic carbocycles. The summed E-state index contributed by atoms with van der Waals surface area (Å²) in [7, 11) is 1.64. The maximum atomic E-state index is 5.35. The van der Waals surface area contributed by atoms with Crippen LogP contribution in [0, 0.1) is 13.8 Å². The molecular formula is C17H16N2O. The van der Waals surface area contributed by atoms with E-state index in [4.69, 9.17) is 4.74 Å². The van der Waals surface area contributed by atoms with Crippen LogP contribution < -0.4 is 4.74 Å². The number of fused-ring (bicyclic) bond motifs is 1. The molecule has 0 aliphatic carbocycles. The van der Waals surface area contributed by atoms with Gasteiger partial charge >= 0.3 is 0 Å². The summed E-state index contributed by atoms with van der Waals surface area (Å²) in [4.78, 5) is 8.82. The van der Waals surface area contributed by atoms with Crippen LogP contribution in [0.15, 0.2) is 42.7 Å². The van der Waals surface area contributed by atoms with Gasteiger partial charge in [-0.05, 0) is 48.6 Å². The molecule has 2 aromatic heterocycles. The van der Waals surface area contributed by atoms with E-state index in [1.165, 1.54) is 5.56 Å². The molecule has 100 valence electrons. The Bertz CT molecular complexity index is 764. The molecule has 0 radical (unpaired) electrons. The van der Waals surface area contributed by atoms with E-state index in [0.717, 1.165) is 27.6 Å². The molecule has 0 spiro atoms. The molecule has 3 nitrogen and oxygen atoms in total. The van der Waals surface area contributed by atoms with Gasteiger partial charge in [0.05, 0.1) is 12.8 Å². The summed E-state index contributed by atoms with van der Waals surface area (Å²) >= 11 is 0. The van der Waals surface area contributed by atoms with E-state index in [9.17, 15) is 0 Å². The number of rotatable bonds is 2. The number of pyridine rings is 2. The van der Waals surface area contributed by atoms with Crippen molar-refractivity contribution >= 4 is 10.8 Å². The summed E-state index contributed by atoms with van der Waals surface area (Å²) in [5.41, 5.74) is 4.48. The fourth-order valence-electron chi connectivity index (χ4n) is 2.46. The van der Waals surface area contributed by atoms with Crippen molar-refractivity contribution in [3.63, 3.8) is 0 Å². The summed E-state index contributed by atoms with van der Waals surface area (Å²) in [6, 6.07) is 10.3. The topological polar surface area (TPSA) is 35.0 Å². The summed E-state index contributed by atoms with van der Waals surface area (Å²) in [5.74, 6) is 0.649. The molecule has 0 N–H and O–H groups in total. The van der Waals surface area contributed by atoms with Crippen LogP contribution in [0.1, 0.15) is 11.1 Å². The van der Waals surface area contributed by atoms with Crippen molar-refractivity contribution in [3.05, 3.63) is 53.9 Å². The van der Waals surface area contributed by atoms with Crippen LogP contribution in [0.3, 0.4) is 0 Å². The lowest BCUT2D eigenvalue weighted by Crippen LogP contribution is -1.93. The van der Waals surface area contributed by atoms with Gasteiger partial charge in [0.15, 0.2) is 0 Å².